The molecule has 1 unspecified atom stereocenters. The Labute approximate surface area is 350 Å². The molecule has 9 heteroatoms. The fourth-order valence-electron chi connectivity index (χ4n) is 9.76. The lowest BCUT2D eigenvalue weighted by Gasteiger charge is -2.26. The molecule has 3 aliphatic rings. The zero-order chi connectivity index (χ0) is 42.7. The standard InChI is InChI=1S/C50H68N4O5/c1-12-34-30(7)37-24-39-32(9)36(20-21-43(55)59-23-22-29(6)19-15-18-28(5)17-14-16-27(3)4)47(53-39)45-46(50(57)58-11)49(56)44-33(10)40(54-48(44)45)26-42-35(13-2)31(8)38(52-42)25-41(34)51-37/h12,22,24-28,32,36,46-47,51-54,56H,1,13-21,23H2,2-11H3/b29-22-,38-25-,39-24-,42-26-/t28-,32+,36+,46-,47?/m1/s1. The van der Waals surface area contributed by atoms with Crippen LogP contribution in [0.3, 0.4) is 0 Å². The minimum absolute atomic E-state index is 0.0166. The predicted molar refractivity (Wildman–Crippen MR) is 240 cm³/mol. The fraction of sp³-hybridized carbons (Fsp3) is 0.520. The van der Waals surface area contributed by atoms with Gasteiger partial charge in [-0.25, -0.2) is 0 Å². The quantitative estimate of drug-likeness (QED) is 0.0751. The Morgan fingerprint density at radius 1 is 0.915 bits per heavy atom. The van der Waals surface area contributed by atoms with Gasteiger partial charge in [0.05, 0.1) is 18.5 Å². The molecule has 5 heterocycles. The molecule has 3 aromatic rings. The molecule has 5 N–H and O–H groups in total. The first kappa shape index (κ1) is 43.7. The Bertz CT molecular complexity index is 2400. The molecule has 6 rings (SSSR count). The van der Waals surface area contributed by atoms with Gasteiger partial charge in [-0.15, -0.1) is 0 Å². The van der Waals surface area contributed by atoms with Crippen molar-refractivity contribution in [2.75, 3.05) is 13.7 Å². The Hall–Kier alpha value is -4.92. The van der Waals surface area contributed by atoms with Gasteiger partial charge in [-0.05, 0) is 123 Å². The number of aromatic amines is 3. The van der Waals surface area contributed by atoms with E-state index in [2.05, 4.69) is 100 Å². The van der Waals surface area contributed by atoms with E-state index in [4.69, 9.17) is 9.47 Å². The van der Waals surface area contributed by atoms with Crippen LogP contribution in [0.4, 0.5) is 0 Å². The minimum atomic E-state index is -0.992. The van der Waals surface area contributed by atoms with E-state index in [0.29, 0.717) is 11.6 Å². The molecule has 0 amide bonds. The number of H-pyrrole nitrogens is 3. The number of hydrogen-bond donors (Lipinski definition) is 5. The molecule has 1 saturated heterocycles. The van der Waals surface area contributed by atoms with Crippen LogP contribution in [0.1, 0.15) is 138 Å². The molecule has 9 nitrogen and oxygen atoms in total. The number of aromatic nitrogens is 3. The molecule has 1 aliphatic carbocycles. The number of esters is 2. The normalized spacial score (nSPS) is 22.3. The van der Waals surface area contributed by atoms with E-state index in [-0.39, 0.29) is 36.6 Å². The van der Waals surface area contributed by atoms with E-state index < -0.39 is 17.9 Å². The highest BCUT2D eigenvalue weighted by molar-refractivity contribution is 5.95. The van der Waals surface area contributed by atoms with Crippen molar-refractivity contribution < 1.29 is 24.2 Å². The first-order valence-electron chi connectivity index (χ1n) is 22.0. The SMILES string of the molecule is C=Cc1c2[nH]c(c1C)/C=C1\NC(C3=c4[nH]c(c(C)c4=C(O)[C@@H]3C(=O)OC)/C=c3\[nH]/c(c(C)c3CC)=C\2)[C@@H](CCC(=O)OC/C=C(/C)CCC[C@H](C)CCCC(C)C)[C@@H]1C. The number of nitrogens with one attached hydrogen (secondary N) is 4. The molecule has 0 aromatic carbocycles. The highest BCUT2D eigenvalue weighted by Gasteiger charge is 2.47. The summed E-state index contributed by atoms with van der Waals surface area (Å²) in [6.45, 7) is 24.0. The molecule has 8 bridgehead atoms. The molecular formula is C50H68N4O5. The van der Waals surface area contributed by atoms with Crippen LogP contribution < -0.4 is 26.6 Å². The van der Waals surface area contributed by atoms with Crippen molar-refractivity contribution in [2.24, 2.45) is 29.6 Å². The maximum absolute atomic E-state index is 13.6. The zero-order valence-corrected chi connectivity index (χ0v) is 37.2. The minimum Gasteiger partial charge on any atom is -0.510 e. The van der Waals surface area contributed by atoms with Gasteiger partial charge in [0, 0.05) is 56.6 Å². The number of allylic oxidation sites excluding steroid dienone is 2. The van der Waals surface area contributed by atoms with Gasteiger partial charge in [-0.3, -0.25) is 9.59 Å². The van der Waals surface area contributed by atoms with Crippen LogP contribution in [0.2, 0.25) is 0 Å². The number of carbonyl (C=O) groups excluding carboxylic acids is 2. The number of fused-ring (bicyclic) bond motifs is 8. The van der Waals surface area contributed by atoms with E-state index >= 15 is 0 Å². The topological polar surface area (TPSA) is 132 Å². The van der Waals surface area contributed by atoms with Crippen molar-refractivity contribution in [3.8, 4) is 0 Å². The molecule has 318 valence electrons. The summed E-state index contributed by atoms with van der Waals surface area (Å²) in [5.74, 6) is -0.423. The van der Waals surface area contributed by atoms with Gasteiger partial charge in [-0.1, -0.05) is 78.5 Å². The van der Waals surface area contributed by atoms with Gasteiger partial charge in [0.2, 0.25) is 0 Å². The van der Waals surface area contributed by atoms with E-state index in [1.54, 1.807) is 0 Å². The smallest absolute Gasteiger partial charge is 0.320 e. The van der Waals surface area contributed by atoms with Crippen molar-refractivity contribution in [1.82, 2.24) is 20.3 Å². The van der Waals surface area contributed by atoms with E-state index in [9.17, 15) is 14.7 Å². The highest BCUT2D eigenvalue weighted by atomic mass is 16.5. The number of methoxy groups -OCH3 is 1. The zero-order valence-electron chi connectivity index (χ0n) is 37.2. The summed E-state index contributed by atoms with van der Waals surface area (Å²) in [6, 6.07) is -0.393. The second-order valence-electron chi connectivity index (χ2n) is 17.9. The van der Waals surface area contributed by atoms with Crippen LogP contribution in [0.25, 0.3) is 35.6 Å². The first-order chi connectivity index (χ1) is 28.2. The molecule has 5 atom stereocenters. The van der Waals surface area contributed by atoms with E-state index in [0.717, 1.165) is 92.2 Å². The number of rotatable bonds is 16. The number of hydrogen-bond acceptors (Lipinski definition) is 6. The number of aliphatic hydroxyl groups excluding tert-OH is 1. The Morgan fingerprint density at radius 3 is 2.32 bits per heavy atom. The second-order valence-corrected chi connectivity index (χ2v) is 17.9. The van der Waals surface area contributed by atoms with Crippen LogP contribution in [-0.2, 0) is 25.5 Å². The van der Waals surface area contributed by atoms with Crippen molar-refractivity contribution in [3.05, 3.63) is 90.1 Å². The lowest BCUT2D eigenvalue weighted by molar-refractivity contribution is -0.143. The van der Waals surface area contributed by atoms with Crippen LogP contribution in [0.5, 0.6) is 0 Å². The summed E-state index contributed by atoms with van der Waals surface area (Å²) in [6.07, 6.45) is 19.2. The van der Waals surface area contributed by atoms with Gasteiger partial charge in [-0.2, -0.15) is 0 Å². The monoisotopic (exact) mass is 805 g/mol. The second kappa shape index (κ2) is 18.6. The highest BCUT2D eigenvalue weighted by Crippen LogP contribution is 2.42. The van der Waals surface area contributed by atoms with Gasteiger partial charge in [0.15, 0.2) is 0 Å². The van der Waals surface area contributed by atoms with Crippen molar-refractivity contribution in [1.29, 1.82) is 0 Å². The third-order valence-electron chi connectivity index (χ3n) is 13.4. The number of ether oxygens (including phenoxy) is 2. The maximum atomic E-state index is 13.6. The summed E-state index contributed by atoms with van der Waals surface area (Å²) >= 11 is 0. The molecule has 0 spiro atoms. The summed E-state index contributed by atoms with van der Waals surface area (Å²) in [5.41, 5.74) is 11.1. The molecule has 59 heavy (non-hydrogen) atoms. The Morgan fingerprint density at radius 2 is 1.63 bits per heavy atom. The molecule has 0 saturated carbocycles. The fourth-order valence-corrected chi connectivity index (χ4v) is 9.76. The van der Waals surface area contributed by atoms with Crippen molar-refractivity contribution in [3.63, 3.8) is 0 Å². The third-order valence-corrected chi connectivity index (χ3v) is 13.4. The molecular weight excluding hydrogens is 737 g/mol. The average molecular weight is 805 g/mol. The van der Waals surface area contributed by atoms with Crippen LogP contribution in [0, 0.1) is 50.4 Å². The van der Waals surface area contributed by atoms with E-state index in [1.165, 1.54) is 49.5 Å². The number of aliphatic hydroxyl groups is 1. The summed E-state index contributed by atoms with van der Waals surface area (Å²) < 4.78 is 11.1. The van der Waals surface area contributed by atoms with Gasteiger partial charge in [0.25, 0.3) is 0 Å². The summed E-state index contributed by atoms with van der Waals surface area (Å²) in [5, 5.41) is 19.1. The van der Waals surface area contributed by atoms with Crippen molar-refractivity contribution >= 4 is 47.6 Å². The lowest BCUT2D eigenvalue weighted by atomic mass is 9.80. The molecule has 0 radical (unpaired) electrons. The summed E-state index contributed by atoms with van der Waals surface area (Å²) in [4.78, 5) is 38.0. The predicted octanol–water partition coefficient (Wildman–Crippen LogP) is 7.56. The largest absolute Gasteiger partial charge is 0.510 e. The lowest BCUT2D eigenvalue weighted by Crippen LogP contribution is -2.38. The average Bonchev–Trinajstić information content (AvgIpc) is 3.94. The maximum Gasteiger partial charge on any atom is 0.320 e. The first-order valence-corrected chi connectivity index (χ1v) is 22.0. The van der Waals surface area contributed by atoms with Crippen LogP contribution in [0.15, 0.2) is 23.9 Å². The van der Waals surface area contributed by atoms with Gasteiger partial charge in [0.1, 0.15) is 18.3 Å². The molecule has 2 aliphatic heterocycles. The molecule has 1 fully saturated rings. The van der Waals surface area contributed by atoms with Gasteiger partial charge < -0.3 is 34.8 Å². The Kier molecular flexibility index (Phi) is 13.7. The molecule has 3 aromatic heterocycles. The Balaban J connectivity index is 1.33. The van der Waals surface area contributed by atoms with Gasteiger partial charge >= 0.3 is 11.9 Å². The number of carbonyl (C=O) groups is 2. The van der Waals surface area contributed by atoms with Crippen LogP contribution >= 0.6 is 0 Å². The third kappa shape index (κ3) is 9.00. The van der Waals surface area contributed by atoms with Crippen LogP contribution in [-0.4, -0.2) is 51.8 Å². The van der Waals surface area contributed by atoms with E-state index in [1.807, 2.05) is 19.1 Å². The summed E-state index contributed by atoms with van der Waals surface area (Å²) in [7, 11) is 1.36. The van der Waals surface area contributed by atoms with Crippen molar-refractivity contribution in [2.45, 2.75) is 126 Å².